The Bertz CT molecular complexity index is 1890. The molecular weight excluding hydrogens is 871 g/mol. The van der Waals surface area contributed by atoms with Crippen molar-refractivity contribution in [2.75, 3.05) is 75.2 Å². The van der Waals surface area contributed by atoms with E-state index in [-0.39, 0.29) is 86.2 Å². The molecule has 2 aliphatic rings. The molecule has 0 aliphatic carbocycles. The van der Waals surface area contributed by atoms with Crippen LogP contribution in [0.1, 0.15) is 49.9 Å². The number of likely N-dealkylation sites (N-methyl/N-ethyl adjacent to an activating group) is 2. The van der Waals surface area contributed by atoms with Crippen molar-refractivity contribution >= 4 is 107 Å². The van der Waals surface area contributed by atoms with Gasteiger partial charge in [-0.05, 0) is 86.8 Å². The highest BCUT2D eigenvalue weighted by molar-refractivity contribution is 6.32. The topological polar surface area (TPSA) is 71.8 Å². The maximum Gasteiger partial charge on any atom is 0.248 e. The molecule has 8 nitrogen and oxygen atoms in total. The summed E-state index contributed by atoms with van der Waals surface area (Å²) in [5, 5.41) is 1.05. The summed E-state index contributed by atoms with van der Waals surface area (Å²) in [5.74, 6) is -0.938. The molecule has 4 aromatic rings. The van der Waals surface area contributed by atoms with Crippen LogP contribution in [0.4, 0.5) is 20.2 Å². The maximum absolute atomic E-state index is 14.4. The molecule has 0 bridgehead atoms. The second kappa shape index (κ2) is 25.3. The first-order valence-corrected chi connectivity index (χ1v) is 19.1. The lowest BCUT2D eigenvalue weighted by atomic mass is 9.99. The lowest BCUT2D eigenvalue weighted by molar-refractivity contribution is -0.118. The molecule has 4 aromatic carbocycles. The van der Waals surface area contributed by atoms with E-state index < -0.39 is 0 Å². The Morgan fingerprint density at radius 2 is 0.897 bits per heavy atom. The van der Waals surface area contributed by atoms with Crippen LogP contribution in [0, 0.1) is 11.6 Å². The van der Waals surface area contributed by atoms with Crippen molar-refractivity contribution in [3.8, 4) is 0 Å². The third-order valence-corrected chi connectivity index (χ3v) is 10.2. The predicted octanol–water partition coefficient (Wildman–Crippen LogP) is 9.70. The number of carbonyl (C=O) groups is 2. The summed E-state index contributed by atoms with van der Waals surface area (Å²) >= 11 is 12.4. The van der Waals surface area contributed by atoms with Gasteiger partial charge >= 0.3 is 0 Å². The Morgan fingerprint density at radius 1 is 0.552 bits per heavy atom. The zero-order chi connectivity index (χ0) is 38.8. The largest absolute Gasteiger partial charge is 0.309 e. The van der Waals surface area contributed by atoms with Gasteiger partial charge in [0.05, 0.1) is 22.8 Å². The van der Waals surface area contributed by atoms with Gasteiger partial charge in [-0.25, -0.2) is 8.78 Å². The lowest BCUT2D eigenvalue weighted by Crippen LogP contribution is -2.39. The van der Waals surface area contributed by atoms with Crippen molar-refractivity contribution < 1.29 is 18.4 Å². The van der Waals surface area contributed by atoms with E-state index in [0.29, 0.717) is 56.8 Å². The molecule has 16 heteroatoms. The summed E-state index contributed by atoms with van der Waals surface area (Å²) in [7, 11) is 0. The van der Waals surface area contributed by atoms with Crippen LogP contribution in [0.15, 0.2) is 94.9 Å². The number of amides is 2. The number of halogens is 8. The third kappa shape index (κ3) is 12.8. The molecule has 0 N–H and O–H groups in total. The van der Waals surface area contributed by atoms with Gasteiger partial charge in [-0.1, -0.05) is 75.2 Å². The number of anilines is 2. The van der Waals surface area contributed by atoms with Crippen LogP contribution >= 0.6 is 72.8 Å². The summed E-state index contributed by atoms with van der Waals surface area (Å²) < 4.78 is 28.8. The number of carbonyl (C=O) groups excluding carboxylic acids is 2. The smallest absolute Gasteiger partial charge is 0.248 e. The number of benzodiazepines with no additional fused rings is 2. The highest BCUT2D eigenvalue weighted by atomic mass is 35.5. The summed E-state index contributed by atoms with van der Waals surface area (Å²) in [5.41, 5.74) is 4.47. The summed E-state index contributed by atoms with van der Waals surface area (Å²) in [6.45, 7) is 14.7. The lowest BCUT2D eigenvalue weighted by Gasteiger charge is -2.27. The number of benzene rings is 4. The molecule has 0 spiro atoms. The minimum Gasteiger partial charge on any atom is -0.309 e. The minimum absolute atomic E-state index is 0. The molecule has 0 atom stereocenters. The average molecular weight is 922 g/mol. The van der Waals surface area contributed by atoms with Gasteiger partial charge in [-0.15, -0.1) is 49.6 Å². The van der Waals surface area contributed by atoms with E-state index in [1.807, 2.05) is 12.1 Å². The molecule has 0 saturated carbocycles. The van der Waals surface area contributed by atoms with E-state index in [2.05, 4.69) is 47.5 Å². The van der Waals surface area contributed by atoms with Gasteiger partial charge in [0.15, 0.2) is 0 Å². The van der Waals surface area contributed by atoms with Crippen molar-refractivity contribution in [3.63, 3.8) is 0 Å². The van der Waals surface area contributed by atoms with Crippen LogP contribution in [-0.2, 0) is 9.59 Å². The van der Waals surface area contributed by atoms with Crippen LogP contribution in [0.5, 0.6) is 0 Å². The SMILES string of the molecule is CCN(CC)CCN1C(=O)CN=C(c2ccccc2F)c2cc(Cl)ccc21.CCN(CC)CCN1C(=O)CN=C(c2ccccc2F)c2cc(Cl)ccc21.Cl.Cl.Cl.Cl. The zero-order valence-corrected chi connectivity index (χ0v) is 37.6. The normalized spacial score (nSPS) is 13.2. The second-order valence-corrected chi connectivity index (χ2v) is 13.6. The Kier molecular flexibility index (Phi) is 23.0. The number of hydrogen-bond acceptors (Lipinski definition) is 6. The van der Waals surface area contributed by atoms with Crippen LogP contribution in [0.25, 0.3) is 0 Å². The molecule has 2 aliphatic heterocycles. The van der Waals surface area contributed by atoms with E-state index >= 15 is 0 Å². The van der Waals surface area contributed by atoms with Crippen LogP contribution in [0.2, 0.25) is 10.0 Å². The molecule has 2 amide bonds. The zero-order valence-electron chi connectivity index (χ0n) is 32.8. The van der Waals surface area contributed by atoms with Gasteiger partial charge in [0.1, 0.15) is 24.7 Å². The summed E-state index contributed by atoms with van der Waals surface area (Å²) in [6, 6.07) is 23.6. The van der Waals surface area contributed by atoms with Gasteiger partial charge in [0.25, 0.3) is 0 Å². The van der Waals surface area contributed by atoms with Gasteiger partial charge < -0.3 is 19.6 Å². The highest BCUT2D eigenvalue weighted by Crippen LogP contribution is 2.32. The molecule has 316 valence electrons. The fraction of sp³-hybridized carbons (Fsp3) is 0.333. The Balaban J connectivity index is 0.000000543. The minimum atomic E-state index is -0.369. The summed E-state index contributed by atoms with van der Waals surface area (Å²) in [4.78, 5) is 42.5. The van der Waals surface area contributed by atoms with Crippen molar-refractivity contribution in [1.29, 1.82) is 0 Å². The molecule has 0 saturated heterocycles. The Morgan fingerprint density at radius 3 is 1.22 bits per heavy atom. The van der Waals surface area contributed by atoms with E-state index in [0.717, 1.165) is 50.6 Å². The van der Waals surface area contributed by atoms with Gasteiger partial charge in [-0.2, -0.15) is 0 Å². The molecule has 2 heterocycles. The third-order valence-electron chi connectivity index (χ3n) is 9.68. The van der Waals surface area contributed by atoms with E-state index in [9.17, 15) is 18.4 Å². The van der Waals surface area contributed by atoms with Crippen molar-refractivity contribution in [2.45, 2.75) is 27.7 Å². The first kappa shape index (κ1) is 52.7. The number of nitrogens with zero attached hydrogens (tertiary/aromatic N) is 6. The first-order valence-electron chi connectivity index (χ1n) is 18.3. The molecular formula is C42H50Cl6F2N6O2. The highest BCUT2D eigenvalue weighted by Gasteiger charge is 2.28. The van der Waals surface area contributed by atoms with Crippen LogP contribution < -0.4 is 9.80 Å². The average Bonchev–Trinajstić information content (AvgIpc) is 3.39. The number of fused-ring (bicyclic) bond motifs is 2. The Hall–Kier alpha value is -3.32. The molecule has 0 unspecified atom stereocenters. The maximum atomic E-state index is 14.4. The van der Waals surface area contributed by atoms with Crippen LogP contribution in [0.3, 0.4) is 0 Å². The van der Waals surface area contributed by atoms with Crippen molar-refractivity contribution in [1.82, 2.24) is 9.80 Å². The fourth-order valence-corrected chi connectivity index (χ4v) is 6.93. The molecule has 6 rings (SSSR count). The van der Waals surface area contributed by atoms with Gasteiger partial charge in [-0.3, -0.25) is 19.6 Å². The van der Waals surface area contributed by atoms with Gasteiger partial charge in [0.2, 0.25) is 11.8 Å². The molecule has 0 fully saturated rings. The van der Waals surface area contributed by atoms with Crippen molar-refractivity contribution in [3.05, 3.63) is 129 Å². The summed E-state index contributed by atoms with van der Waals surface area (Å²) in [6.07, 6.45) is 0. The van der Waals surface area contributed by atoms with Crippen molar-refractivity contribution in [2.24, 2.45) is 9.98 Å². The van der Waals surface area contributed by atoms with E-state index in [1.165, 1.54) is 12.1 Å². The van der Waals surface area contributed by atoms with Gasteiger partial charge in [0, 0.05) is 58.5 Å². The predicted molar refractivity (Wildman–Crippen MR) is 246 cm³/mol. The quantitative estimate of drug-likeness (QED) is 0.142. The molecule has 0 radical (unpaired) electrons. The number of rotatable bonds is 12. The fourth-order valence-electron chi connectivity index (χ4n) is 6.59. The Labute approximate surface area is 375 Å². The number of hydrogen-bond donors (Lipinski definition) is 0. The standard InChI is InChI=1S/2C21H23ClFN3O.4ClH/c2*1-3-25(4-2)11-12-26-19-10-9-15(22)13-17(19)21(24-14-20(26)27)16-7-5-6-8-18(16)23;;;;/h2*5-10,13H,3-4,11-12,14H2,1-2H3;4*1H. The monoisotopic (exact) mass is 918 g/mol. The molecule has 58 heavy (non-hydrogen) atoms. The van der Waals surface area contributed by atoms with E-state index in [1.54, 1.807) is 70.5 Å². The van der Waals surface area contributed by atoms with E-state index in [4.69, 9.17) is 23.2 Å². The molecule has 0 aromatic heterocycles. The first-order chi connectivity index (χ1) is 26.1. The van der Waals surface area contributed by atoms with Crippen LogP contribution in [-0.4, -0.2) is 98.5 Å². The number of aliphatic imine (C=N–C) groups is 2. The second-order valence-electron chi connectivity index (χ2n) is 12.8.